The van der Waals surface area contributed by atoms with Crippen LogP contribution < -0.4 is 10.5 Å². The predicted molar refractivity (Wildman–Crippen MR) is 110 cm³/mol. The first kappa shape index (κ1) is 18.2. The maximum atomic E-state index is 13.1. The minimum absolute atomic E-state index is 0.357. The van der Waals surface area contributed by atoms with Crippen LogP contribution in [0.4, 0.5) is 10.5 Å². The lowest BCUT2D eigenvalue weighted by atomic mass is 9.99. The quantitative estimate of drug-likeness (QED) is 0.783. The first-order chi connectivity index (χ1) is 13.5. The van der Waals surface area contributed by atoms with Gasteiger partial charge in [0.15, 0.2) is 0 Å². The fourth-order valence-electron chi connectivity index (χ4n) is 4.51. The fourth-order valence-corrected chi connectivity index (χ4v) is 6.94. The molecule has 0 radical (unpaired) electrons. The molecular formula is C19H23N5O2S2. The predicted octanol–water partition coefficient (Wildman–Crippen LogP) is 3.29. The Morgan fingerprint density at radius 2 is 1.89 bits per heavy atom. The van der Waals surface area contributed by atoms with Crippen molar-refractivity contribution in [2.75, 3.05) is 11.1 Å². The van der Waals surface area contributed by atoms with Crippen molar-refractivity contribution >= 4 is 33.4 Å². The van der Waals surface area contributed by atoms with Crippen LogP contribution in [0.1, 0.15) is 41.5 Å². The summed E-state index contributed by atoms with van der Waals surface area (Å²) in [7, 11) is -3.35. The lowest BCUT2D eigenvalue weighted by Crippen LogP contribution is -2.20. The Morgan fingerprint density at radius 1 is 1.18 bits per heavy atom. The molecule has 0 saturated heterocycles. The molecule has 1 aliphatic heterocycles. The second-order valence-corrected chi connectivity index (χ2v) is 10.4. The summed E-state index contributed by atoms with van der Waals surface area (Å²) in [6.45, 7) is 0.770. The van der Waals surface area contributed by atoms with Gasteiger partial charge in [-0.25, -0.2) is 14.1 Å². The number of anilines is 1. The van der Waals surface area contributed by atoms with Gasteiger partial charge in [0.25, 0.3) is 0 Å². The van der Waals surface area contributed by atoms with Crippen LogP contribution in [0.15, 0.2) is 26.5 Å². The van der Waals surface area contributed by atoms with Crippen molar-refractivity contribution in [2.24, 2.45) is 9.50 Å². The van der Waals surface area contributed by atoms with Crippen molar-refractivity contribution in [3.05, 3.63) is 34.5 Å². The molecule has 0 saturated carbocycles. The zero-order chi connectivity index (χ0) is 19.3. The minimum atomic E-state index is -3.35. The van der Waals surface area contributed by atoms with Crippen LogP contribution in [-0.2, 0) is 42.1 Å². The van der Waals surface area contributed by atoms with Gasteiger partial charge in [-0.05, 0) is 67.2 Å². The minimum Gasteiger partial charge on any atom is -0.305 e. The molecule has 1 aromatic heterocycles. The van der Waals surface area contributed by atoms with Gasteiger partial charge in [0.2, 0.25) is 0 Å². The highest BCUT2D eigenvalue weighted by Gasteiger charge is 2.26. The van der Waals surface area contributed by atoms with Crippen LogP contribution >= 0.6 is 11.8 Å². The average molecular weight is 418 g/mol. The number of carbonyl (C=O) groups is 1. The molecule has 0 spiro atoms. The van der Waals surface area contributed by atoms with Crippen LogP contribution in [0.25, 0.3) is 0 Å². The number of amides is 2. The number of nitrogens with one attached hydrogen (secondary N) is 1. The summed E-state index contributed by atoms with van der Waals surface area (Å²) in [5.74, 6) is 0.919. The van der Waals surface area contributed by atoms with Gasteiger partial charge in [-0.15, -0.1) is 16.1 Å². The number of fused-ring (bicyclic) bond motifs is 3. The molecule has 7 nitrogen and oxygen atoms in total. The molecule has 1 aromatic carbocycles. The second-order valence-electron chi connectivity index (χ2n) is 7.56. The number of carbonyl (C=O) groups excluding carboxylic acids is 1. The second kappa shape index (κ2) is 6.89. The highest BCUT2D eigenvalue weighted by molar-refractivity contribution is 8.00. The number of hydrogen-bond acceptors (Lipinski definition) is 4. The Hall–Kier alpha value is -1.84. The number of benzene rings is 1. The first-order valence-electron chi connectivity index (χ1n) is 9.74. The average Bonchev–Trinajstić information content (AvgIpc) is 3.39. The maximum Gasteiger partial charge on any atom is 0.354 e. The van der Waals surface area contributed by atoms with Gasteiger partial charge in [0.1, 0.15) is 19.8 Å². The molecule has 3 aliphatic rings. The van der Waals surface area contributed by atoms with Crippen molar-refractivity contribution in [3.63, 3.8) is 0 Å². The summed E-state index contributed by atoms with van der Waals surface area (Å²) in [5, 5.41) is 14.0. The highest BCUT2D eigenvalue weighted by Crippen LogP contribution is 2.38. The zero-order valence-electron chi connectivity index (χ0n) is 15.6. The third-order valence-electron chi connectivity index (χ3n) is 5.75. The summed E-state index contributed by atoms with van der Waals surface area (Å²) < 4.78 is 18.8. The molecule has 5 rings (SSSR count). The maximum absolute atomic E-state index is 13.1. The van der Waals surface area contributed by atoms with Crippen molar-refractivity contribution < 1.29 is 9.00 Å². The summed E-state index contributed by atoms with van der Waals surface area (Å²) in [6, 6.07) is 1.67. The molecule has 3 N–H and O–H groups in total. The fraction of sp³-hybridized carbons (Fsp3) is 0.474. The monoisotopic (exact) mass is 417 g/mol. The molecule has 0 bridgehead atoms. The van der Waals surface area contributed by atoms with Crippen LogP contribution in [0.3, 0.4) is 0 Å². The van der Waals surface area contributed by atoms with E-state index in [1.807, 2.05) is 0 Å². The van der Waals surface area contributed by atoms with E-state index in [0.29, 0.717) is 4.90 Å². The number of urea groups is 1. The number of nitrogens with two attached hydrogens (primary N) is 1. The summed E-state index contributed by atoms with van der Waals surface area (Å²) in [6.07, 6.45) is 8.73. The molecule has 2 amide bonds. The molecule has 2 aliphatic carbocycles. The van der Waals surface area contributed by atoms with Gasteiger partial charge in [0, 0.05) is 18.0 Å². The van der Waals surface area contributed by atoms with Crippen molar-refractivity contribution in [1.29, 1.82) is 0 Å². The molecule has 2 aromatic rings. The zero-order valence-corrected chi connectivity index (χ0v) is 17.2. The van der Waals surface area contributed by atoms with Crippen molar-refractivity contribution in [2.45, 2.75) is 61.4 Å². The molecule has 0 unspecified atom stereocenters. The third kappa shape index (κ3) is 3.05. The van der Waals surface area contributed by atoms with Gasteiger partial charge in [-0.2, -0.15) is 5.10 Å². The number of nitrogens with zero attached hydrogens (tertiary/aromatic N) is 3. The van der Waals surface area contributed by atoms with Gasteiger partial charge < -0.3 is 5.32 Å². The number of rotatable bonds is 2. The van der Waals surface area contributed by atoms with Gasteiger partial charge >= 0.3 is 6.03 Å². The topological polar surface area (TPSA) is 102 Å². The number of aromatic nitrogens is 2. The normalized spacial score (nSPS) is 19.5. The lowest BCUT2D eigenvalue weighted by Gasteiger charge is -2.16. The Kier molecular flexibility index (Phi) is 4.48. The van der Waals surface area contributed by atoms with Crippen LogP contribution in [0, 0.1) is 0 Å². The standard InChI is InChI=1S/C19H23N5O2S2/c20-28(26,16-11-21-24-8-3-9-27-18(16)24)23-19(25)22-17-14-6-1-4-12(14)10-13-5-2-7-15(13)17/h10-11H,1-9H2,(H3,20,22,23,25,26)/t28-/m0/s1. The van der Waals surface area contributed by atoms with Crippen LogP contribution in [0.2, 0.25) is 0 Å². The van der Waals surface area contributed by atoms with E-state index >= 15 is 0 Å². The van der Waals surface area contributed by atoms with E-state index in [1.165, 1.54) is 28.5 Å². The highest BCUT2D eigenvalue weighted by atomic mass is 32.2. The van der Waals surface area contributed by atoms with E-state index < -0.39 is 15.9 Å². The Morgan fingerprint density at radius 3 is 2.61 bits per heavy atom. The van der Waals surface area contributed by atoms with Crippen molar-refractivity contribution in [3.8, 4) is 0 Å². The summed E-state index contributed by atoms with van der Waals surface area (Å²) in [4.78, 5) is 13.1. The van der Waals surface area contributed by atoms with Gasteiger partial charge in [0.05, 0.1) is 6.20 Å². The summed E-state index contributed by atoms with van der Waals surface area (Å²) >= 11 is 1.56. The van der Waals surface area contributed by atoms with Gasteiger partial charge in [-0.3, -0.25) is 4.68 Å². The third-order valence-corrected chi connectivity index (χ3v) is 8.44. The summed E-state index contributed by atoms with van der Waals surface area (Å²) in [5.41, 5.74) is 5.97. The van der Waals surface area contributed by atoms with E-state index in [1.54, 1.807) is 16.4 Å². The molecule has 2 heterocycles. The lowest BCUT2D eigenvalue weighted by molar-refractivity contribution is 0.260. The molecule has 1 atom stereocenters. The SMILES string of the molecule is N[S@](=O)(=NC(=O)Nc1c2c(cc3c1CCC3)CCC2)c1cnn2c1SCCC2. The van der Waals surface area contributed by atoms with Crippen LogP contribution in [-0.4, -0.2) is 25.8 Å². The van der Waals surface area contributed by atoms with E-state index in [0.717, 1.165) is 68.0 Å². The van der Waals surface area contributed by atoms with Gasteiger partial charge in [-0.1, -0.05) is 6.07 Å². The molecular weight excluding hydrogens is 394 g/mol. The number of hydrogen-bond donors (Lipinski definition) is 2. The largest absolute Gasteiger partial charge is 0.354 e. The van der Waals surface area contributed by atoms with E-state index in [-0.39, 0.29) is 0 Å². The van der Waals surface area contributed by atoms with E-state index in [2.05, 4.69) is 20.8 Å². The smallest absolute Gasteiger partial charge is 0.305 e. The Balaban J connectivity index is 1.49. The number of aryl methyl sites for hydroxylation is 3. The Bertz CT molecular complexity index is 1070. The van der Waals surface area contributed by atoms with Crippen LogP contribution in [0.5, 0.6) is 0 Å². The number of thioether (sulfide) groups is 1. The van der Waals surface area contributed by atoms with Crippen molar-refractivity contribution in [1.82, 2.24) is 9.78 Å². The first-order valence-corrected chi connectivity index (χ1v) is 12.3. The van der Waals surface area contributed by atoms with E-state index in [4.69, 9.17) is 5.14 Å². The van der Waals surface area contributed by atoms with E-state index in [9.17, 15) is 9.00 Å². The molecule has 0 fully saturated rings. The molecule has 148 valence electrons. The molecule has 9 heteroatoms. The Labute approximate surface area is 168 Å². The molecule has 28 heavy (non-hydrogen) atoms.